The Kier molecular flexibility index (Phi) is 7.88. The number of para-hydroxylation sites is 1. The lowest BCUT2D eigenvalue weighted by Crippen LogP contribution is -2.50. The summed E-state index contributed by atoms with van der Waals surface area (Å²) < 4.78 is 43.4. The zero-order valence-corrected chi connectivity index (χ0v) is 22.4. The zero-order valence-electron chi connectivity index (χ0n) is 21.6. The van der Waals surface area contributed by atoms with Crippen molar-refractivity contribution >= 4 is 33.3 Å². The summed E-state index contributed by atoms with van der Waals surface area (Å²) in [6, 6.07) is 8.79. The Hall–Kier alpha value is -3.71. The van der Waals surface area contributed by atoms with Gasteiger partial charge in [0.25, 0.3) is 5.91 Å². The van der Waals surface area contributed by atoms with Gasteiger partial charge in [0.15, 0.2) is 17.2 Å². The molecule has 0 fully saturated rings. The molecule has 0 saturated carbocycles. The van der Waals surface area contributed by atoms with Crippen molar-refractivity contribution in [2.24, 2.45) is 5.92 Å². The van der Waals surface area contributed by atoms with Crippen LogP contribution in [-0.4, -0.2) is 87.2 Å². The van der Waals surface area contributed by atoms with Crippen molar-refractivity contribution < 1.29 is 37.3 Å². The van der Waals surface area contributed by atoms with Crippen LogP contribution in [0.3, 0.4) is 0 Å². The summed E-state index contributed by atoms with van der Waals surface area (Å²) in [4.78, 5) is 29.4. The molecular weight excluding hydrogens is 516 g/mol. The molecule has 3 amide bonds. The third kappa shape index (κ3) is 6.05. The van der Waals surface area contributed by atoms with E-state index < -0.39 is 34.1 Å². The number of hydrogen-bond donors (Lipinski definition) is 3. The molecule has 2 aromatic rings. The molecule has 0 radical (unpaired) electrons. The van der Waals surface area contributed by atoms with E-state index in [1.165, 1.54) is 15.9 Å². The maximum absolute atomic E-state index is 13.4. The molecule has 2 aliphatic rings. The van der Waals surface area contributed by atoms with Crippen LogP contribution in [0.25, 0.3) is 0 Å². The second-order valence-corrected chi connectivity index (χ2v) is 11.3. The van der Waals surface area contributed by atoms with Gasteiger partial charge in [0.05, 0.1) is 36.7 Å². The number of aliphatic hydroxyl groups is 1. The lowest BCUT2D eigenvalue weighted by atomic mass is 9.99. The molecule has 0 aliphatic carbocycles. The van der Waals surface area contributed by atoms with Crippen LogP contribution in [0.5, 0.6) is 17.2 Å². The zero-order chi connectivity index (χ0) is 27.6. The smallest absolute Gasteiger partial charge is 0.321 e. The van der Waals surface area contributed by atoms with Crippen LogP contribution in [0, 0.1) is 5.92 Å². The Bertz CT molecular complexity index is 1320. The summed E-state index contributed by atoms with van der Waals surface area (Å²) in [7, 11) is -2.07. The number of nitrogens with one attached hydrogen (secondary N) is 2. The van der Waals surface area contributed by atoms with Crippen LogP contribution < -0.4 is 24.2 Å². The number of rotatable bonds is 7. The first-order valence-corrected chi connectivity index (χ1v) is 14.0. The number of carbonyl (C=O) groups is 2. The van der Waals surface area contributed by atoms with E-state index in [0.717, 1.165) is 6.26 Å². The average molecular weight is 549 g/mol. The number of likely N-dealkylation sites (N-methyl/N-ethyl adjacent to an activating group) is 1. The normalized spacial score (nSPS) is 19.5. The summed E-state index contributed by atoms with van der Waals surface area (Å²) in [5.41, 5.74) is 0.793. The molecule has 4 rings (SSSR count). The number of urea groups is 1. The van der Waals surface area contributed by atoms with Gasteiger partial charge in [-0.05, 0) is 31.2 Å². The molecule has 0 unspecified atom stereocenters. The van der Waals surface area contributed by atoms with Crippen molar-refractivity contribution in [2.75, 3.05) is 49.8 Å². The van der Waals surface area contributed by atoms with Crippen LogP contribution in [0.4, 0.5) is 16.2 Å². The highest BCUT2D eigenvalue weighted by Crippen LogP contribution is 2.36. The van der Waals surface area contributed by atoms with E-state index in [9.17, 15) is 23.1 Å². The van der Waals surface area contributed by atoms with Crippen molar-refractivity contribution in [1.82, 2.24) is 9.80 Å². The maximum Gasteiger partial charge on any atom is 0.321 e. The van der Waals surface area contributed by atoms with Crippen LogP contribution >= 0.6 is 0 Å². The van der Waals surface area contributed by atoms with Gasteiger partial charge in [-0.3, -0.25) is 9.52 Å². The van der Waals surface area contributed by atoms with Gasteiger partial charge in [0, 0.05) is 31.3 Å². The third-order valence-corrected chi connectivity index (χ3v) is 7.00. The molecule has 0 aromatic heterocycles. The fourth-order valence-corrected chi connectivity index (χ4v) is 4.85. The van der Waals surface area contributed by atoms with Gasteiger partial charge in [0.1, 0.15) is 6.10 Å². The van der Waals surface area contributed by atoms with E-state index >= 15 is 0 Å². The summed E-state index contributed by atoms with van der Waals surface area (Å²) in [6.45, 7) is 3.85. The first kappa shape index (κ1) is 27.3. The van der Waals surface area contributed by atoms with E-state index in [-0.39, 0.29) is 49.4 Å². The van der Waals surface area contributed by atoms with Crippen LogP contribution in [0.2, 0.25) is 0 Å². The summed E-state index contributed by atoms with van der Waals surface area (Å²) in [5, 5.41) is 12.6. The standard InChI is InChI=1S/C25H32N4O8S/c1-15-11-29(16(2)13-30)24(31)18-6-5-7-19(27-38(4,33)34)23(18)37-22(15)12-28(3)25(32)26-17-8-9-20-21(10-17)36-14-35-20/h5-10,15-16,22,27,30H,11-14H2,1-4H3,(H,26,32)/t15-,16-,22+/m0/s1. The summed E-state index contributed by atoms with van der Waals surface area (Å²) in [5.74, 6) is 0.527. The number of amides is 3. The maximum atomic E-state index is 13.4. The molecule has 0 spiro atoms. The van der Waals surface area contributed by atoms with Crippen molar-refractivity contribution in [1.29, 1.82) is 0 Å². The summed E-state index contributed by atoms with van der Waals surface area (Å²) in [6.07, 6.45) is 0.385. The van der Waals surface area contributed by atoms with Gasteiger partial charge >= 0.3 is 6.03 Å². The number of ether oxygens (including phenoxy) is 3. The second kappa shape index (κ2) is 11.0. The van der Waals surface area contributed by atoms with Crippen molar-refractivity contribution in [3.8, 4) is 17.2 Å². The van der Waals surface area contributed by atoms with Gasteiger partial charge in [-0.15, -0.1) is 0 Å². The van der Waals surface area contributed by atoms with E-state index in [2.05, 4.69) is 10.0 Å². The minimum atomic E-state index is -3.68. The fourth-order valence-electron chi connectivity index (χ4n) is 4.29. The lowest BCUT2D eigenvalue weighted by molar-refractivity contribution is 0.0373. The lowest BCUT2D eigenvalue weighted by Gasteiger charge is -2.38. The minimum absolute atomic E-state index is 0.0687. The quantitative estimate of drug-likeness (QED) is 0.477. The Morgan fingerprint density at radius 2 is 1.97 bits per heavy atom. The van der Waals surface area contributed by atoms with Gasteiger partial charge in [-0.1, -0.05) is 13.0 Å². The van der Waals surface area contributed by atoms with Gasteiger partial charge in [-0.2, -0.15) is 0 Å². The number of sulfonamides is 1. The van der Waals surface area contributed by atoms with Gasteiger partial charge in [0.2, 0.25) is 16.8 Å². The molecule has 12 nitrogen and oxygen atoms in total. The van der Waals surface area contributed by atoms with E-state index in [0.29, 0.717) is 17.2 Å². The largest absolute Gasteiger partial charge is 0.485 e. The van der Waals surface area contributed by atoms with E-state index in [1.807, 2.05) is 6.92 Å². The Morgan fingerprint density at radius 3 is 2.68 bits per heavy atom. The predicted molar refractivity (Wildman–Crippen MR) is 140 cm³/mol. The number of nitrogens with zero attached hydrogens (tertiary/aromatic N) is 2. The van der Waals surface area contributed by atoms with E-state index in [1.54, 1.807) is 44.3 Å². The van der Waals surface area contributed by atoms with Crippen LogP contribution in [0.1, 0.15) is 24.2 Å². The van der Waals surface area contributed by atoms with Gasteiger partial charge in [-0.25, -0.2) is 13.2 Å². The SMILES string of the molecule is C[C@H]1CN([C@@H](C)CO)C(=O)c2cccc(NS(C)(=O)=O)c2O[C@@H]1CN(C)C(=O)Nc1ccc2c(c1)OCO2. The molecule has 0 saturated heterocycles. The molecule has 2 aliphatic heterocycles. The van der Waals surface area contributed by atoms with Crippen molar-refractivity contribution in [3.63, 3.8) is 0 Å². The number of hydrogen-bond acceptors (Lipinski definition) is 8. The van der Waals surface area contributed by atoms with E-state index in [4.69, 9.17) is 14.2 Å². The minimum Gasteiger partial charge on any atom is -0.485 e. The molecule has 2 aromatic carbocycles. The fraction of sp³-hybridized carbons (Fsp3) is 0.440. The van der Waals surface area contributed by atoms with Gasteiger partial charge < -0.3 is 34.4 Å². The highest BCUT2D eigenvalue weighted by molar-refractivity contribution is 7.92. The molecule has 3 atom stereocenters. The van der Waals surface area contributed by atoms with Crippen LogP contribution in [-0.2, 0) is 10.0 Å². The Balaban J connectivity index is 1.61. The average Bonchev–Trinajstić information content (AvgIpc) is 3.33. The first-order chi connectivity index (χ1) is 18.0. The molecule has 3 N–H and O–H groups in total. The molecular formula is C25H32N4O8S. The summed E-state index contributed by atoms with van der Waals surface area (Å²) >= 11 is 0. The Labute approximate surface area is 221 Å². The second-order valence-electron chi connectivity index (χ2n) is 9.56. The number of benzene rings is 2. The van der Waals surface area contributed by atoms with Crippen LogP contribution in [0.15, 0.2) is 36.4 Å². The molecule has 2 heterocycles. The monoisotopic (exact) mass is 548 g/mol. The first-order valence-electron chi connectivity index (χ1n) is 12.1. The molecule has 38 heavy (non-hydrogen) atoms. The topological polar surface area (TPSA) is 147 Å². The number of fused-ring (bicyclic) bond motifs is 2. The predicted octanol–water partition coefficient (Wildman–Crippen LogP) is 2.17. The highest BCUT2D eigenvalue weighted by Gasteiger charge is 2.35. The number of carbonyl (C=O) groups excluding carboxylic acids is 2. The number of anilines is 2. The third-order valence-electron chi connectivity index (χ3n) is 6.41. The van der Waals surface area contributed by atoms with Crippen molar-refractivity contribution in [3.05, 3.63) is 42.0 Å². The van der Waals surface area contributed by atoms with Crippen molar-refractivity contribution in [2.45, 2.75) is 26.0 Å². The molecule has 13 heteroatoms. The Morgan fingerprint density at radius 1 is 1.24 bits per heavy atom. The molecule has 206 valence electrons. The molecule has 0 bridgehead atoms. The number of aliphatic hydroxyl groups excluding tert-OH is 1. The highest BCUT2D eigenvalue weighted by atomic mass is 32.2.